The van der Waals surface area contributed by atoms with Gasteiger partial charge in [-0.3, -0.25) is 0 Å². The Labute approximate surface area is 116 Å². The van der Waals surface area contributed by atoms with Crippen LogP contribution in [0.5, 0.6) is 0 Å². The largest absolute Gasteiger partial charge is 0.378 e. The third kappa shape index (κ3) is 1.98. The minimum absolute atomic E-state index is 0.287. The Bertz CT molecular complexity index is 633. The number of halogens is 1. The van der Waals surface area contributed by atoms with Gasteiger partial charge in [-0.2, -0.15) is 0 Å². The summed E-state index contributed by atoms with van der Waals surface area (Å²) in [5, 5.41) is 0.720. The van der Waals surface area contributed by atoms with E-state index in [9.17, 15) is 0 Å². The summed E-state index contributed by atoms with van der Waals surface area (Å²) in [5.74, 6) is 0. The molecule has 5 heteroatoms. The molecule has 2 unspecified atom stereocenters. The van der Waals surface area contributed by atoms with Crippen molar-refractivity contribution in [1.29, 1.82) is 0 Å². The number of fused-ring (bicyclic) bond motifs is 1. The molecule has 1 aliphatic rings. The molecule has 2 atom stereocenters. The van der Waals surface area contributed by atoms with Crippen LogP contribution in [0.1, 0.15) is 25.8 Å². The highest BCUT2D eigenvalue weighted by molar-refractivity contribution is 7.71. The van der Waals surface area contributed by atoms with Crippen molar-refractivity contribution < 1.29 is 4.74 Å². The van der Waals surface area contributed by atoms with Crippen LogP contribution in [0.25, 0.3) is 11.0 Å². The monoisotopic (exact) mass is 282 g/mol. The van der Waals surface area contributed by atoms with Crippen molar-refractivity contribution in [2.24, 2.45) is 0 Å². The summed E-state index contributed by atoms with van der Waals surface area (Å²) in [6.07, 6.45) is 2.28. The molecule has 0 spiro atoms. The molecule has 18 heavy (non-hydrogen) atoms. The summed E-state index contributed by atoms with van der Waals surface area (Å²) in [7, 11) is 0. The number of hydrogen-bond donors (Lipinski definition) is 1. The topological polar surface area (TPSA) is 29.9 Å². The molecule has 1 N–H and O–H groups in total. The molecule has 0 amide bonds. The fourth-order valence-corrected chi connectivity index (χ4v) is 3.25. The Morgan fingerprint density at radius 3 is 3.11 bits per heavy atom. The van der Waals surface area contributed by atoms with Gasteiger partial charge in [0.2, 0.25) is 0 Å². The molecular formula is C13H15ClN2OS. The van der Waals surface area contributed by atoms with Crippen molar-refractivity contribution >= 4 is 34.9 Å². The first kappa shape index (κ1) is 12.2. The summed E-state index contributed by atoms with van der Waals surface area (Å²) in [6.45, 7) is 2.90. The molecule has 2 aromatic rings. The van der Waals surface area contributed by atoms with E-state index in [-0.39, 0.29) is 6.10 Å². The molecule has 3 rings (SSSR count). The number of nitrogens with one attached hydrogen (secondary N) is 1. The zero-order valence-electron chi connectivity index (χ0n) is 10.1. The van der Waals surface area contributed by atoms with Gasteiger partial charge in [-0.15, -0.1) is 0 Å². The van der Waals surface area contributed by atoms with E-state index in [1.807, 2.05) is 12.1 Å². The average molecular weight is 283 g/mol. The highest BCUT2D eigenvalue weighted by atomic mass is 35.5. The fourth-order valence-electron chi connectivity index (χ4n) is 2.69. The smallest absolute Gasteiger partial charge is 0.178 e. The third-order valence-corrected chi connectivity index (χ3v) is 4.14. The number of benzene rings is 1. The molecule has 96 valence electrons. The minimum Gasteiger partial charge on any atom is -0.378 e. The predicted molar refractivity (Wildman–Crippen MR) is 75.8 cm³/mol. The van der Waals surface area contributed by atoms with E-state index in [4.69, 9.17) is 28.6 Å². The van der Waals surface area contributed by atoms with Crippen LogP contribution >= 0.6 is 23.8 Å². The molecule has 0 radical (unpaired) electrons. The number of nitrogens with zero attached hydrogens (tertiary/aromatic N) is 1. The van der Waals surface area contributed by atoms with Crippen LogP contribution in [0, 0.1) is 4.77 Å². The quantitative estimate of drug-likeness (QED) is 0.799. The predicted octanol–water partition coefficient (Wildman–Crippen LogP) is 4.09. The second kappa shape index (κ2) is 4.68. The van der Waals surface area contributed by atoms with Crippen LogP contribution in [-0.2, 0) is 4.74 Å². The van der Waals surface area contributed by atoms with Gasteiger partial charge in [0, 0.05) is 12.6 Å². The SMILES string of the molecule is CC1CC(n2c(=S)[nH]c3c(Cl)cccc32)CCO1. The number of ether oxygens (including phenoxy) is 1. The molecule has 1 fully saturated rings. The number of rotatable bonds is 1. The Morgan fingerprint density at radius 2 is 2.33 bits per heavy atom. The fraction of sp³-hybridized carbons (Fsp3) is 0.462. The number of aromatic amines is 1. The summed E-state index contributed by atoms with van der Waals surface area (Å²) >= 11 is 11.6. The zero-order chi connectivity index (χ0) is 12.7. The Balaban J connectivity index is 2.14. The Hall–Kier alpha value is -0.840. The van der Waals surface area contributed by atoms with Crippen LogP contribution in [0.3, 0.4) is 0 Å². The standard InChI is InChI=1S/C13H15ClN2OS/c1-8-7-9(5-6-17-8)16-11-4-2-3-10(14)12(11)15-13(16)18/h2-4,8-9H,5-7H2,1H3,(H,15,18). The van der Waals surface area contributed by atoms with Crippen molar-refractivity contribution in [3.8, 4) is 0 Å². The van der Waals surface area contributed by atoms with E-state index in [1.54, 1.807) is 0 Å². The maximum atomic E-state index is 6.19. The highest BCUT2D eigenvalue weighted by Crippen LogP contribution is 2.31. The Kier molecular flexibility index (Phi) is 3.18. The maximum absolute atomic E-state index is 6.19. The lowest BCUT2D eigenvalue weighted by Crippen LogP contribution is -2.25. The van der Waals surface area contributed by atoms with Crippen LogP contribution in [0.2, 0.25) is 5.02 Å². The molecule has 0 aliphatic carbocycles. The highest BCUT2D eigenvalue weighted by Gasteiger charge is 2.23. The van der Waals surface area contributed by atoms with Gasteiger partial charge in [-0.1, -0.05) is 17.7 Å². The van der Waals surface area contributed by atoms with E-state index in [0.717, 1.165) is 40.3 Å². The van der Waals surface area contributed by atoms with Crippen LogP contribution in [0.15, 0.2) is 18.2 Å². The zero-order valence-corrected chi connectivity index (χ0v) is 11.7. The first-order chi connectivity index (χ1) is 8.66. The molecule has 1 saturated heterocycles. The summed E-state index contributed by atoms with van der Waals surface area (Å²) in [6, 6.07) is 6.31. The second-order valence-corrected chi connectivity index (χ2v) is 5.59. The molecule has 1 aliphatic heterocycles. The van der Waals surface area contributed by atoms with Gasteiger partial charge in [0.25, 0.3) is 0 Å². The number of imidazole rings is 1. The molecule has 3 nitrogen and oxygen atoms in total. The second-order valence-electron chi connectivity index (χ2n) is 4.79. The normalized spacial score (nSPS) is 24.6. The molecule has 1 aromatic heterocycles. The van der Waals surface area contributed by atoms with Gasteiger partial charge in [0.15, 0.2) is 4.77 Å². The third-order valence-electron chi connectivity index (χ3n) is 3.52. The molecule has 0 saturated carbocycles. The number of H-pyrrole nitrogens is 1. The molecular weight excluding hydrogens is 268 g/mol. The molecule has 1 aromatic carbocycles. The lowest BCUT2D eigenvalue weighted by molar-refractivity contribution is 0.00648. The first-order valence-corrected chi connectivity index (χ1v) is 6.96. The molecule has 2 heterocycles. The van der Waals surface area contributed by atoms with Crippen molar-refractivity contribution in [3.05, 3.63) is 28.0 Å². The molecule has 0 bridgehead atoms. The van der Waals surface area contributed by atoms with Crippen molar-refractivity contribution in [2.45, 2.75) is 31.9 Å². The van der Waals surface area contributed by atoms with E-state index < -0.39 is 0 Å². The summed E-state index contributed by atoms with van der Waals surface area (Å²) in [5.41, 5.74) is 2.02. The maximum Gasteiger partial charge on any atom is 0.178 e. The lowest BCUT2D eigenvalue weighted by atomic mass is 10.0. The van der Waals surface area contributed by atoms with E-state index >= 15 is 0 Å². The average Bonchev–Trinajstić information content (AvgIpc) is 2.67. The summed E-state index contributed by atoms with van der Waals surface area (Å²) < 4.78 is 8.54. The van der Waals surface area contributed by atoms with Gasteiger partial charge < -0.3 is 14.3 Å². The van der Waals surface area contributed by atoms with Crippen LogP contribution < -0.4 is 0 Å². The number of aromatic nitrogens is 2. The van der Waals surface area contributed by atoms with Crippen LogP contribution in [0.4, 0.5) is 0 Å². The van der Waals surface area contributed by atoms with Crippen molar-refractivity contribution in [2.75, 3.05) is 6.61 Å². The lowest BCUT2D eigenvalue weighted by Gasteiger charge is -2.28. The summed E-state index contributed by atoms with van der Waals surface area (Å²) in [4.78, 5) is 3.21. The van der Waals surface area contributed by atoms with E-state index in [0.29, 0.717) is 6.04 Å². The van der Waals surface area contributed by atoms with Gasteiger partial charge in [-0.05, 0) is 44.1 Å². The van der Waals surface area contributed by atoms with Crippen LogP contribution in [-0.4, -0.2) is 22.3 Å². The first-order valence-electron chi connectivity index (χ1n) is 6.17. The van der Waals surface area contributed by atoms with E-state index in [1.165, 1.54) is 0 Å². The van der Waals surface area contributed by atoms with E-state index in [2.05, 4.69) is 22.5 Å². The Morgan fingerprint density at radius 1 is 1.50 bits per heavy atom. The number of para-hydroxylation sites is 1. The van der Waals surface area contributed by atoms with Gasteiger partial charge in [-0.25, -0.2) is 0 Å². The van der Waals surface area contributed by atoms with Crippen molar-refractivity contribution in [3.63, 3.8) is 0 Å². The van der Waals surface area contributed by atoms with Gasteiger partial charge in [0.05, 0.1) is 22.2 Å². The minimum atomic E-state index is 0.287. The van der Waals surface area contributed by atoms with Gasteiger partial charge in [0.1, 0.15) is 0 Å². The van der Waals surface area contributed by atoms with Gasteiger partial charge >= 0.3 is 0 Å². The number of hydrogen-bond acceptors (Lipinski definition) is 2. The van der Waals surface area contributed by atoms with Crippen molar-refractivity contribution in [1.82, 2.24) is 9.55 Å².